The van der Waals surface area contributed by atoms with Gasteiger partial charge in [-0.25, -0.2) is 9.78 Å². The summed E-state index contributed by atoms with van der Waals surface area (Å²) in [4.78, 5) is 31.6. The van der Waals surface area contributed by atoms with Crippen molar-refractivity contribution in [3.8, 4) is 0 Å². The fourth-order valence-electron chi connectivity index (χ4n) is 3.57. The van der Waals surface area contributed by atoms with E-state index in [0.29, 0.717) is 17.9 Å². The number of hydrogen-bond acceptors (Lipinski definition) is 5. The minimum atomic E-state index is -0.661. The molecule has 0 radical (unpaired) electrons. The Kier molecular flexibility index (Phi) is 4.75. The molecule has 1 aliphatic carbocycles. The zero-order valence-electron chi connectivity index (χ0n) is 15.6. The maximum Gasteiger partial charge on any atom is 0.328 e. The van der Waals surface area contributed by atoms with Crippen molar-refractivity contribution in [3.05, 3.63) is 27.1 Å². The van der Waals surface area contributed by atoms with Crippen molar-refractivity contribution >= 4 is 27.5 Å². The van der Waals surface area contributed by atoms with Gasteiger partial charge in [0, 0.05) is 4.88 Å². The van der Waals surface area contributed by atoms with Gasteiger partial charge in [0.1, 0.15) is 10.9 Å². The number of rotatable bonds is 3. The number of aryl methyl sites for hydroxylation is 1. The molecule has 0 N–H and O–H groups in total. The van der Waals surface area contributed by atoms with Crippen molar-refractivity contribution in [2.45, 2.75) is 59.9 Å². The summed E-state index contributed by atoms with van der Waals surface area (Å²) in [6.07, 6.45) is 4.48. The highest BCUT2D eigenvalue weighted by Crippen LogP contribution is 2.41. The summed E-state index contributed by atoms with van der Waals surface area (Å²) in [6.45, 7) is 10.6. The van der Waals surface area contributed by atoms with Crippen LogP contribution in [0.15, 0.2) is 11.1 Å². The molecule has 136 valence electrons. The SMILES string of the molecule is CCOC(=O)[C@H](C)n1cnc2sc3c(c2c1=O)CC[C@@H](C(C)(C)C)C3. The Labute approximate surface area is 152 Å². The minimum absolute atomic E-state index is 0.128. The zero-order valence-corrected chi connectivity index (χ0v) is 16.4. The van der Waals surface area contributed by atoms with E-state index in [1.54, 1.807) is 25.2 Å². The average Bonchev–Trinajstić information content (AvgIpc) is 2.92. The molecule has 2 heterocycles. The molecule has 0 spiro atoms. The Hall–Kier alpha value is -1.69. The van der Waals surface area contributed by atoms with Gasteiger partial charge in [0.2, 0.25) is 0 Å². The van der Waals surface area contributed by atoms with Gasteiger partial charge in [-0.15, -0.1) is 11.3 Å². The number of carbonyl (C=O) groups excluding carboxylic acids is 1. The Balaban J connectivity index is 2.04. The van der Waals surface area contributed by atoms with Crippen LogP contribution in [0.2, 0.25) is 0 Å². The number of aromatic nitrogens is 2. The van der Waals surface area contributed by atoms with E-state index in [4.69, 9.17) is 4.74 Å². The average molecular weight is 362 g/mol. The highest BCUT2D eigenvalue weighted by Gasteiger charge is 2.32. The molecular weight excluding hydrogens is 336 g/mol. The van der Waals surface area contributed by atoms with Crippen LogP contribution in [-0.2, 0) is 22.4 Å². The highest BCUT2D eigenvalue weighted by atomic mass is 32.1. The maximum absolute atomic E-state index is 13.0. The smallest absolute Gasteiger partial charge is 0.328 e. The summed E-state index contributed by atoms with van der Waals surface area (Å²) in [5.74, 6) is 0.219. The van der Waals surface area contributed by atoms with E-state index in [2.05, 4.69) is 25.8 Å². The van der Waals surface area contributed by atoms with Crippen LogP contribution >= 0.6 is 11.3 Å². The van der Waals surface area contributed by atoms with Crippen LogP contribution in [0.1, 0.15) is 57.5 Å². The van der Waals surface area contributed by atoms with E-state index in [-0.39, 0.29) is 11.0 Å². The number of carbonyl (C=O) groups is 1. The summed E-state index contributed by atoms with van der Waals surface area (Å²) in [6, 6.07) is -0.661. The molecule has 0 aromatic carbocycles. The van der Waals surface area contributed by atoms with E-state index < -0.39 is 12.0 Å². The summed E-state index contributed by atoms with van der Waals surface area (Å²) < 4.78 is 6.45. The number of nitrogens with zero attached hydrogens (tertiary/aromatic N) is 2. The lowest BCUT2D eigenvalue weighted by Gasteiger charge is -2.33. The predicted octanol–water partition coefficient (Wildman–Crippen LogP) is 3.73. The summed E-state index contributed by atoms with van der Waals surface area (Å²) >= 11 is 1.63. The number of hydrogen-bond donors (Lipinski definition) is 0. The fourth-order valence-corrected chi connectivity index (χ4v) is 4.83. The highest BCUT2D eigenvalue weighted by molar-refractivity contribution is 7.18. The number of ether oxygens (including phenoxy) is 1. The monoisotopic (exact) mass is 362 g/mol. The van der Waals surface area contributed by atoms with Gasteiger partial charge in [0.05, 0.1) is 18.3 Å². The molecule has 25 heavy (non-hydrogen) atoms. The van der Waals surface area contributed by atoms with E-state index in [0.717, 1.165) is 29.7 Å². The van der Waals surface area contributed by atoms with Gasteiger partial charge in [0.25, 0.3) is 5.56 Å². The van der Waals surface area contributed by atoms with Gasteiger partial charge in [0.15, 0.2) is 0 Å². The maximum atomic E-state index is 13.0. The molecule has 1 aliphatic rings. The third-order valence-electron chi connectivity index (χ3n) is 5.26. The van der Waals surface area contributed by atoms with Crippen LogP contribution < -0.4 is 5.56 Å². The molecule has 0 fully saturated rings. The van der Waals surface area contributed by atoms with Crippen LogP contribution in [0, 0.1) is 11.3 Å². The van der Waals surface area contributed by atoms with Crippen LogP contribution in [0.3, 0.4) is 0 Å². The Morgan fingerprint density at radius 3 is 2.84 bits per heavy atom. The van der Waals surface area contributed by atoms with Crippen molar-refractivity contribution in [2.75, 3.05) is 6.61 Å². The molecule has 3 rings (SSSR count). The van der Waals surface area contributed by atoms with Gasteiger partial charge in [-0.1, -0.05) is 20.8 Å². The van der Waals surface area contributed by atoms with Crippen molar-refractivity contribution in [1.82, 2.24) is 9.55 Å². The van der Waals surface area contributed by atoms with Crippen LogP contribution in [0.4, 0.5) is 0 Å². The quantitative estimate of drug-likeness (QED) is 0.781. The second-order valence-electron chi connectivity index (χ2n) is 7.87. The molecule has 0 saturated carbocycles. The minimum Gasteiger partial charge on any atom is -0.464 e. The standard InChI is InChI=1S/C19H26N2O3S/c1-6-24-18(23)11(2)21-10-20-16-15(17(21)22)13-8-7-12(19(3,4)5)9-14(13)25-16/h10-12H,6-9H2,1-5H3/t11-,12+/m0/s1. The number of thiophene rings is 1. The molecule has 0 unspecified atom stereocenters. The lowest BCUT2D eigenvalue weighted by atomic mass is 9.72. The number of fused-ring (bicyclic) bond motifs is 3. The Bertz CT molecular complexity index is 860. The van der Waals surface area contributed by atoms with E-state index in [1.807, 2.05) is 0 Å². The molecular formula is C19H26N2O3S. The van der Waals surface area contributed by atoms with Crippen molar-refractivity contribution < 1.29 is 9.53 Å². The third kappa shape index (κ3) is 3.24. The first-order valence-electron chi connectivity index (χ1n) is 8.92. The topological polar surface area (TPSA) is 61.2 Å². The normalized spacial score (nSPS) is 18.8. The molecule has 2 atom stereocenters. The zero-order chi connectivity index (χ0) is 18.4. The molecule has 6 heteroatoms. The van der Waals surface area contributed by atoms with Crippen molar-refractivity contribution in [3.63, 3.8) is 0 Å². The molecule has 5 nitrogen and oxygen atoms in total. The summed E-state index contributed by atoms with van der Waals surface area (Å²) in [7, 11) is 0. The molecule has 0 saturated heterocycles. The lowest BCUT2D eigenvalue weighted by Crippen LogP contribution is -2.30. The van der Waals surface area contributed by atoms with E-state index >= 15 is 0 Å². The van der Waals surface area contributed by atoms with E-state index in [9.17, 15) is 9.59 Å². The molecule has 0 aliphatic heterocycles. The first-order chi connectivity index (χ1) is 11.7. The van der Waals surface area contributed by atoms with Crippen molar-refractivity contribution in [1.29, 1.82) is 0 Å². The Morgan fingerprint density at radius 1 is 1.48 bits per heavy atom. The summed E-state index contributed by atoms with van der Waals surface area (Å²) in [5.41, 5.74) is 1.28. The summed E-state index contributed by atoms with van der Waals surface area (Å²) in [5, 5.41) is 0.700. The van der Waals surface area contributed by atoms with Gasteiger partial charge in [-0.3, -0.25) is 9.36 Å². The molecule has 2 aromatic heterocycles. The molecule has 0 bridgehead atoms. The fraction of sp³-hybridized carbons (Fsp3) is 0.632. The van der Waals surface area contributed by atoms with Gasteiger partial charge in [-0.2, -0.15) is 0 Å². The first-order valence-corrected chi connectivity index (χ1v) is 9.73. The largest absolute Gasteiger partial charge is 0.464 e. The molecule has 2 aromatic rings. The second-order valence-corrected chi connectivity index (χ2v) is 8.96. The predicted molar refractivity (Wildman–Crippen MR) is 100 cm³/mol. The van der Waals surface area contributed by atoms with Crippen LogP contribution in [-0.4, -0.2) is 22.1 Å². The van der Waals surface area contributed by atoms with Gasteiger partial charge < -0.3 is 4.74 Å². The van der Waals surface area contributed by atoms with Gasteiger partial charge >= 0.3 is 5.97 Å². The number of esters is 1. The van der Waals surface area contributed by atoms with Crippen LogP contribution in [0.5, 0.6) is 0 Å². The Morgan fingerprint density at radius 2 is 2.20 bits per heavy atom. The van der Waals surface area contributed by atoms with E-state index in [1.165, 1.54) is 15.8 Å². The first kappa shape index (κ1) is 18.1. The van der Waals surface area contributed by atoms with Crippen LogP contribution in [0.25, 0.3) is 10.2 Å². The molecule has 0 amide bonds. The third-order valence-corrected chi connectivity index (χ3v) is 6.43. The van der Waals surface area contributed by atoms with Crippen molar-refractivity contribution in [2.24, 2.45) is 11.3 Å². The second kappa shape index (κ2) is 6.56. The van der Waals surface area contributed by atoms with Gasteiger partial charge in [-0.05, 0) is 50.0 Å². The lowest BCUT2D eigenvalue weighted by molar-refractivity contribution is -0.146.